The largest absolute Gasteiger partial charge is 0.573 e. The van der Waals surface area contributed by atoms with E-state index in [9.17, 15) is 18.0 Å². The van der Waals surface area contributed by atoms with Crippen molar-refractivity contribution in [2.75, 3.05) is 6.54 Å². The van der Waals surface area contributed by atoms with Gasteiger partial charge in [-0.1, -0.05) is 12.1 Å². The Morgan fingerprint density at radius 1 is 1.18 bits per heavy atom. The van der Waals surface area contributed by atoms with Gasteiger partial charge in [0.1, 0.15) is 5.75 Å². The van der Waals surface area contributed by atoms with Gasteiger partial charge in [-0.05, 0) is 43.2 Å². The van der Waals surface area contributed by atoms with Crippen LogP contribution in [0, 0.1) is 6.92 Å². The monoisotopic (exact) mass is 426 g/mol. The number of rotatable bonds is 7. The van der Waals surface area contributed by atoms with Crippen LogP contribution in [0.1, 0.15) is 15.4 Å². The number of hydrogen-bond donors (Lipinski definition) is 1. The van der Waals surface area contributed by atoms with Crippen molar-refractivity contribution in [2.24, 2.45) is 0 Å². The number of benzene rings is 1. The molecule has 0 saturated heterocycles. The third-order valence-corrected chi connectivity index (χ3v) is 5.69. The summed E-state index contributed by atoms with van der Waals surface area (Å²) in [4.78, 5) is 18.7. The summed E-state index contributed by atoms with van der Waals surface area (Å²) in [6.45, 7) is 2.46. The first-order chi connectivity index (χ1) is 13.3. The molecule has 3 rings (SSSR count). The SMILES string of the molecule is Cc1nc(-c2ccc(CCNC(=O)Cc3ccc(OC(F)(F)F)cc3)s2)cs1. The fraction of sp³-hybridized carbons (Fsp3) is 0.263. The molecule has 0 fully saturated rings. The molecule has 2 heterocycles. The number of aryl methyl sites for hydroxylation is 1. The molecule has 28 heavy (non-hydrogen) atoms. The van der Waals surface area contributed by atoms with Gasteiger partial charge in [-0.25, -0.2) is 4.98 Å². The number of nitrogens with zero attached hydrogens (tertiary/aromatic N) is 1. The Hall–Kier alpha value is -2.39. The van der Waals surface area contributed by atoms with Crippen LogP contribution in [-0.2, 0) is 17.6 Å². The summed E-state index contributed by atoms with van der Waals surface area (Å²) < 4.78 is 40.2. The molecule has 0 aliphatic heterocycles. The highest BCUT2D eigenvalue weighted by Crippen LogP contribution is 2.29. The molecule has 0 unspecified atom stereocenters. The standard InChI is InChI=1S/C19H17F3N2O2S2/c1-12-24-16(11-27-12)17-7-6-15(28-17)8-9-23-18(25)10-13-2-4-14(5-3-13)26-19(20,21)22/h2-7,11H,8-10H2,1H3,(H,23,25). The topological polar surface area (TPSA) is 51.2 Å². The molecule has 1 N–H and O–H groups in total. The first-order valence-corrected chi connectivity index (χ1v) is 10.1. The molecule has 1 amide bonds. The second-order valence-electron chi connectivity index (χ2n) is 5.99. The number of alkyl halides is 3. The summed E-state index contributed by atoms with van der Waals surface area (Å²) in [5.41, 5.74) is 1.59. The molecule has 0 spiro atoms. The predicted octanol–water partition coefficient (Wildman–Crippen LogP) is 4.98. The van der Waals surface area contributed by atoms with Gasteiger partial charge in [0, 0.05) is 16.8 Å². The maximum absolute atomic E-state index is 12.1. The summed E-state index contributed by atoms with van der Waals surface area (Å²) in [6.07, 6.45) is -3.92. The fourth-order valence-corrected chi connectivity index (χ4v) is 4.16. The molecule has 2 aromatic heterocycles. The summed E-state index contributed by atoms with van der Waals surface area (Å²) in [7, 11) is 0. The molecule has 0 atom stereocenters. The first kappa shape index (κ1) is 20.3. The third kappa shape index (κ3) is 6.07. The van der Waals surface area contributed by atoms with Crippen LogP contribution in [0.4, 0.5) is 13.2 Å². The number of ether oxygens (including phenoxy) is 1. The van der Waals surface area contributed by atoms with Crippen LogP contribution < -0.4 is 10.1 Å². The fourth-order valence-electron chi connectivity index (χ4n) is 2.51. The zero-order valence-corrected chi connectivity index (χ0v) is 16.5. The number of carbonyl (C=O) groups excluding carboxylic acids is 1. The molecule has 4 nitrogen and oxygen atoms in total. The molecule has 0 bridgehead atoms. The van der Waals surface area contributed by atoms with Crippen molar-refractivity contribution in [3.8, 4) is 16.3 Å². The van der Waals surface area contributed by atoms with Gasteiger partial charge >= 0.3 is 6.36 Å². The lowest BCUT2D eigenvalue weighted by Crippen LogP contribution is -2.27. The number of thiophene rings is 1. The van der Waals surface area contributed by atoms with Crippen LogP contribution in [-0.4, -0.2) is 23.8 Å². The van der Waals surface area contributed by atoms with Crippen molar-refractivity contribution in [1.82, 2.24) is 10.3 Å². The van der Waals surface area contributed by atoms with Crippen LogP contribution in [0.2, 0.25) is 0 Å². The second-order valence-corrected chi connectivity index (χ2v) is 8.22. The molecule has 9 heteroatoms. The van der Waals surface area contributed by atoms with E-state index in [0.717, 1.165) is 20.5 Å². The molecular weight excluding hydrogens is 409 g/mol. The zero-order chi connectivity index (χ0) is 20.1. The van der Waals surface area contributed by atoms with Gasteiger partial charge < -0.3 is 10.1 Å². The van der Waals surface area contributed by atoms with Crippen LogP contribution in [0.3, 0.4) is 0 Å². The van der Waals surface area contributed by atoms with Gasteiger partial charge in [-0.15, -0.1) is 35.8 Å². The number of amides is 1. The molecule has 148 valence electrons. The number of aromatic nitrogens is 1. The molecule has 3 aromatic rings. The van der Waals surface area contributed by atoms with E-state index in [4.69, 9.17) is 0 Å². The normalized spacial score (nSPS) is 11.4. The van der Waals surface area contributed by atoms with Gasteiger partial charge in [-0.2, -0.15) is 0 Å². The summed E-state index contributed by atoms with van der Waals surface area (Å²) in [6, 6.07) is 9.35. The lowest BCUT2D eigenvalue weighted by Gasteiger charge is -2.09. The highest BCUT2D eigenvalue weighted by atomic mass is 32.1. The van der Waals surface area contributed by atoms with Gasteiger partial charge in [0.15, 0.2) is 0 Å². The average molecular weight is 426 g/mol. The third-order valence-electron chi connectivity index (χ3n) is 3.75. The maximum atomic E-state index is 12.1. The van der Waals surface area contributed by atoms with Gasteiger partial charge in [0.2, 0.25) is 5.91 Å². The quantitative estimate of drug-likeness (QED) is 0.580. The lowest BCUT2D eigenvalue weighted by atomic mass is 10.1. The average Bonchev–Trinajstić information content (AvgIpc) is 3.24. The Kier molecular flexibility index (Phi) is 6.35. The summed E-state index contributed by atoms with van der Waals surface area (Å²) in [5.74, 6) is -0.489. The van der Waals surface area contributed by atoms with Crippen molar-refractivity contribution in [2.45, 2.75) is 26.1 Å². The Morgan fingerprint density at radius 2 is 1.93 bits per heavy atom. The van der Waals surface area contributed by atoms with Crippen LogP contribution >= 0.6 is 22.7 Å². The van der Waals surface area contributed by atoms with E-state index >= 15 is 0 Å². The smallest absolute Gasteiger partial charge is 0.406 e. The minimum atomic E-state index is -4.72. The van der Waals surface area contributed by atoms with Crippen molar-refractivity contribution in [3.05, 3.63) is 57.2 Å². The Morgan fingerprint density at radius 3 is 2.57 bits per heavy atom. The Labute approximate surface area is 168 Å². The minimum Gasteiger partial charge on any atom is -0.406 e. The highest BCUT2D eigenvalue weighted by Gasteiger charge is 2.30. The highest BCUT2D eigenvalue weighted by molar-refractivity contribution is 7.16. The number of carbonyl (C=O) groups is 1. The van der Waals surface area contributed by atoms with Gasteiger partial charge in [-0.3, -0.25) is 4.79 Å². The first-order valence-electron chi connectivity index (χ1n) is 8.41. The van der Waals surface area contributed by atoms with Gasteiger partial charge in [0.25, 0.3) is 0 Å². The predicted molar refractivity (Wildman–Crippen MR) is 104 cm³/mol. The van der Waals surface area contributed by atoms with E-state index in [2.05, 4.69) is 15.0 Å². The zero-order valence-electron chi connectivity index (χ0n) is 14.9. The van der Waals surface area contributed by atoms with E-state index in [1.54, 1.807) is 22.7 Å². The van der Waals surface area contributed by atoms with Crippen LogP contribution in [0.15, 0.2) is 41.8 Å². The summed E-state index contributed by atoms with van der Waals surface area (Å²) in [5, 5.41) is 5.88. The van der Waals surface area contributed by atoms with E-state index in [1.807, 2.05) is 24.4 Å². The van der Waals surface area contributed by atoms with E-state index in [-0.39, 0.29) is 18.1 Å². The number of hydrogen-bond acceptors (Lipinski definition) is 5. The molecule has 0 radical (unpaired) electrons. The Balaban J connectivity index is 1.44. The van der Waals surface area contributed by atoms with E-state index < -0.39 is 6.36 Å². The lowest BCUT2D eigenvalue weighted by molar-refractivity contribution is -0.274. The Bertz CT molecular complexity index is 933. The molecule has 0 aliphatic rings. The number of thiazole rings is 1. The molecular formula is C19H17F3N2O2S2. The molecule has 1 aromatic carbocycles. The molecule has 0 saturated carbocycles. The number of nitrogens with one attached hydrogen (secondary N) is 1. The van der Waals surface area contributed by atoms with Crippen molar-refractivity contribution in [3.63, 3.8) is 0 Å². The van der Waals surface area contributed by atoms with Gasteiger partial charge in [0.05, 0.1) is 22.0 Å². The second kappa shape index (κ2) is 8.74. The summed E-state index contributed by atoms with van der Waals surface area (Å²) >= 11 is 3.26. The van der Waals surface area contributed by atoms with E-state index in [1.165, 1.54) is 24.3 Å². The van der Waals surface area contributed by atoms with Crippen LogP contribution in [0.25, 0.3) is 10.6 Å². The minimum absolute atomic E-state index is 0.0973. The van der Waals surface area contributed by atoms with E-state index in [0.29, 0.717) is 18.5 Å². The van der Waals surface area contributed by atoms with Crippen molar-refractivity contribution in [1.29, 1.82) is 0 Å². The molecule has 0 aliphatic carbocycles. The van der Waals surface area contributed by atoms with Crippen molar-refractivity contribution < 1.29 is 22.7 Å². The maximum Gasteiger partial charge on any atom is 0.573 e. The van der Waals surface area contributed by atoms with Crippen molar-refractivity contribution >= 4 is 28.6 Å². The number of halogens is 3. The van der Waals surface area contributed by atoms with Crippen LogP contribution in [0.5, 0.6) is 5.75 Å².